The van der Waals surface area contributed by atoms with Crippen molar-refractivity contribution in [3.8, 4) is 22.5 Å². The molecule has 0 aliphatic heterocycles. The number of aromatic nitrogens is 4. The molecule has 0 saturated carbocycles. The summed E-state index contributed by atoms with van der Waals surface area (Å²) in [6.45, 7) is 0. The monoisotopic (exact) mass is 447 g/mol. The maximum absolute atomic E-state index is 11.3. The molecule has 0 spiro atoms. The normalized spacial score (nSPS) is 10.7. The lowest BCUT2D eigenvalue weighted by molar-refractivity contribution is 0.259. The van der Waals surface area contributed by atoms with Crippen molar-refractivity contribution < 1.29 is 4.79 Å². The first-order valence-electron chi connectivity index (χ1n) is 10.6. The largest absolute Gasteiger partial charge is 0.351 e. The van der Waals surface area contributed by atoms with Crippen LogP contribution in [0.3, 0.4) is 0 Å². The molecular formula is C26H21N7O. The molecule has 3 heterocycles. The van der Waals surface area contributed by atoms with E-state index in [0.29, 0.717) is 22.9 Å². The Bertz CT molecular complexity index is 1470. The number of amides is 2. The molecule has 34 heavy (non-hydrogen) atoms. The number of anilines is 3. The molecule has 8 nitrogen and oxygen atoms in total. The molecule has 0 fully saturated rings. The van der Waals surface area contributed by atoms with E-state index in [1.165, 1.54) is 6.20 Å². The fourth-order valence-corrected chi connectivity index (χ4v) is 3.83. The molecule has 5 aromatic rings. The van der Waals surface area contributed by atoms with Gasteiger partial charge < -0.3 is 16.0 Å². The van der Waals surface area contributed by atoms with E-state index in [1.54, 1.807) is 18.5 Å². The highest BCUT2D eigenvalue weighted by molar-refractivity contribution is 6.03. The number of fused-ring (bicyclic) bond motifs is 1. The number of hydrogen-bond acceptors (Lipinski definition) is 6. The average molecular weight is 448 g/mol. The second kappa shape index (κ2) is 8.95. The topological polar surface area (TPSA) is 110 Å². The van der Waals surface area contributed by atoms with Gasteiger partial charge >= 0.3 is 6.03 Å². The van der Waals surface area contributed by atoms with Gasteiger partial charge in [0, 0.05) is 25.0 Å². The number of pyridine rings is 2. The number of primary amides is 1. The van der Waals surface area contributed by atoms with Crippen molar-refractivity contribution in [2.24, 2.45) is 5.73 Å². The standard InChI is InChI=1S/C26H21N7O/c1-33(22-12-5-6-13-29-22)25-23-20(17-8-3-2-4-9-17)10-7-11-21(23)31-24(32-25)18-14-19(16-28-15-18)30-26(27)34/h2-16H,1H3,(H3,27,30,34). The zero-order chi connectivity index (χ0) is 23.5. The van der Waals surface area contributed by atoms with Gasteiger partial charge in [-0.05, 0) is 35.4 Å². The average Bonchev–Trinajstić information content (AvgIpc) is 2.88. The summed E-state index contributed by atoms with van der Waals surface area (Å²) >= 11 is 0. The van der Waals surface area contributed by atoms with Crippen LogP contribution in [0.4, 0.5) is 22.1 Å². The summed E-state index contributed by atoms with van der Waals surface area (Å²) in [5, 5.41) is 3.45. The van der Waals surface area contributed by atoms with Gasteiger partial charge in [0.15, 0.2) is 5.82 Å². The van der Waals surface area contributed by atoms with Crippen molar-refractivity contribution in [2.45, 2.75) is 0 Å². The highest BCUT2D eigenvalue weighted by atomic mass is 16.2. The SMILES string of the molecule is CN(c1ccccn1)c1nc(-c2cncc(NC(N)=O)c2)nc2cccc(-c3ccccc3)c12. The Morgan fingerprint density at radius 1 is 0.912 bits per heavy atom. The maximum atomic E-state index is 11.3. The van der Waals surface area contributed by atoms with Crippen molar-refractivity contribution >= 4 is 34.3 Å². The van der Waals surface area contributed by atoms with Crippen LogP contribution in [0.2, 0.25) is 0 Å². The summed E-state index contributed by atoms with van der Waals surface area (Å²) in [4.78, 5) is 31.8. The van der Waals surface area contributed by atoms with Gasteiger partial charge in [-0.25, -0.2) is 19.7 Å². The molecule has 3 aromatic heterocycles. The molecule has 0 aliphatic carbocycles. The zero-order valence-electron chi connectivity index (χ0n) is 18.4. The minimum Gasteiger partial charge on any atom is -0.351 e. The van der Waals surface area contributed by atoms with Crippen LogP contribution in [0.15, 0.2) is 91.4 Å². The van der Waals surface area contributed by atoms with E-state index in [-0.39, 0.29) is 0 Å². The fraction of sp³-hybridized carbons (Fsp3) is 0.0385. The van der Waals surface area contributed by atoms with Crippen molar-refractivity contribution in [3.63, 3.8) is 0 Å². The molecule has 8 heteroatoms. The summed E-state index contributed by atoms with van der Waals surface area (Å²) in [5.74, 6) is 1.92. The maximum Gasteiger partial charge on any atom is 0.316 e. The lowest BCUT2D eigenvalue weighted by atomic mass is 10.0. The van der Waals surface area contributed by atoms with E-state index in [2.05, 4.69) is 33.5 Å². The van der Waals surface area contributed by atoms with E-state index in [4.69, 9.17) is 15.7 Å². The molecule has 166 valence electrons. The predicted octanol–water partition coefficient (Wildman–Crippen LogP) is 5.01. The van der Waals surface area contributed by atoms with E-state index < -0.39 is 6.03 Å². The zero-order valence-corrected chi connectivity index (χ0v) is 18.4. The number of carbonyl (C=O) groups is 1. The Morgan fingerprint density at radius 3 is 2.50 bits per heavy atom. The molecule has 3 N–H and O–H groups in total. The van der Waals surface area contributed by atoms with Gasteiger partial charge in [-0.2, -0.15) is 0 Å². The number of nitrogens with zero attached hydrogens (tertiary/aromatic N) is 5. The number of carbonyl (C=O) groups excluding carboxylic acids is 1. The molecule has 0 aliphatic rings. The van der Waals surface area contributed by atoms with Gasteiger partial charge in [0.25, 0.3) is 0 Å². The van der Waals surface area contributed by atoms with Crippen LogP contribution in [0.25, 0.3) is 33.4 Å². The summed E-state index contributed by atoms with van der Waals surface area (Å²) in [6.07, 6.45) is 4.92. The number of benzene rings is 2. The molecule has 0 saturated heterocycles. The number of nitrogens with two attached hydrogens (primary N) is 1. The summed E-state index contributed by atoms with van der Waals surface area (Å²) < 4.78 is 0. The minimum atomic E-state index is -0.665. The minimum absolute atomic E-state index is 0.464. The molecule has 5 rings (SSSR count). The van der Waals surface area contributed by atoms with E-state index in [9.17, 15) is 4.79 Å². The van der Waals surface area contributed by atoms with Crippen molar-refractivity contribution in [2.75, 3.05) is 17.3 Å². The Balaban J connectivity index is 1.75. The lowest BCUT2D eigenvalue weighted by Crippen LogP contribution is -2.19. The number of urea groups is 1. The molecular weight excluding hydrogens is 426 g/mol. The van der Waals surface area contributed by atoms with E-state index >= 15 is 0 Å². The van der Waals surface area contributed by atoms with Crippen LogP contribution in [-0.2, 0) is 0 Å². The lowest BCUT2D eigenvalue weighted by Gasteiger charge is -2.21. The summed E-state index contributed by atoms with van der Waals surface area (Å²) in [7, 11) is 1.93. The number of rotatable bonds is 5. The van der Waals surface area contributed by atoms with Crippen molar-refractivity contribution in [3.05, 3.63) is 91.4 Å². The highest BCUT2D eigenvalue weighted by Crippen LogP contribution is 2.37. The molecule has 0 unspecified atom stereocenters. The fourth-order valence-electron chi connectivity index (χ4n) is 3.83. The first kappa shape index (κ1) is 21.0. The highest BCUT2D eigenvalue weighted by Gasteiger charge is 2.19. The van der Waals surface area contributed by atoms with E-state index in [1.807, 2.05) is 60.5 Å². The van der Waals surface area contributed by atoms with Gasteiger partial charge in [0.1, 0.15) is 11.6 Å². The Labute approximate surface area is 196 Å². The second-order valence-corrected chi connectivity index (χ2v) is 7.64. The molecule has 0 atom stereocenters. The second-order valence-electron chi connectivity index (χ2n) is 7.64. The molecule has 0 bridgehead atoms. The summed E-state index contributed by atoms with van der Waals surface area (Å²) in [5.41, 5.74) is 9.23. The van der Waals surface area contributed by atoms with Crippen molar-refractivity contribution in [1.82, 2.24) is 19.9 Å². The number of hydrogen-bond donors (Lipinski definition) is 2. The number of nitrogens with one attached hydrogen (secondary N) is 1. The molecule has 0 radical (unpaired) electrons. The first-order valence-corrected chi connectivity index (χ1v) is 10.6. The van der Waals surface area contributed by atoms with Crippen LogP contribution < -0.4 is 16.0 Å². The van der Waals surface area contributed by atoms with Crippen LogP contribution in [0.1, 0.15) is 0 Å². The van der Waals surface area contributed by atoms with Crippen LogP contribution >= 0.6 is 0 Å². The van der Waals surface area contributed by atoms with Crippen LogP contribution in [0.5, 0.6) is 0 Å². The van der Waals surface area contributed by atoms with Gasteiger partial charge in [0.05, 0.1) is 22.8 Å². The summed E-state index contributed by atoms with van der Waals surface area (Å²) in [6, 6.07) is 23.0. The third kappa shape index (κ3) is 4.12. The van der Waals surface area contributed by atoms with Gasteiger partial charge in [-0.3, -0.25) is 4.98 Å². The Kier molecular flexibility index (Phi) is 5.53. The third-order valence-electron chi connectivity index (χ3n) is 5.36. The Morgan fingerprint density at radius 2 is 1.74 bits per heavy atom. The first-order chi connectivity index (χ1) is 16.6. The van der Waals surface area contributed by atoms with Gasteiger partial charge in [0.2, 0.25) is 0 Å². The molecule has 2 aromatic carbocycles. The predicted molar refractivity (Wildman–Crippen MR) is 134 cm³/mol. The van der Waals surface area contributed by atoms with Crippen molar-refractivity contribution in [1.29, 1.82) is 0 Å². The molecule has 2 amide bonds. The van der Waals surface area contributed by atoms with Gasteiger partial charge in [-0.15, -0.1) is 0 Å². The smallest absolute Gasteiger partial charge is 0.316 e. The van der Waals surface area contributed by atoms with Crippen LogP contribution in [0, 0.1) is 0 Å². The Hall–Kier alpha value is -4.85. The van der Waals surface area contributed by atoms with E-state index in [0.717, 1.165) is 27.8 Å². The quantitative estimate of drug-likeness (QED) is 0.392. The van der Waals surface area contributed by atoms with Crippen LogP contribution in [-0.4, -0.2) is 33.0 Å². The third-order valence-corrected chi connectivity index (χ3v) is 5.36. The van der Waals surface area contributed by atoms with Gasteiger partial charge in [-0.1, -0.05) is 48.5 Å².